The average Bonchev–Trinajstić information content (AvgIpc) is 2.87. The number of amides is 1. The lowest BCUT2D eigenvalue weighted by molar-refractivity contribution is -0.127. The molecule has 1 amide bonds. The van der Waals surface area contributed by atoms with Crippen LogP contribution in [0.5, 0.6) is 0 Å². The minimum atomic E-state index is 0.00268. The van der Waals surface area contributed by atoms with Crippen LogP contribution in [0.2, 0.25) is 0 Å². The van der Waals surface area contributed by atoms with Crippen LogP contribution in [0.25, 0.3) is 0 Å². The zero-order valence-electron chi connectivity index (χ0n) is 11.4. The van der Waals surface area contributed by atoms with E-state index in [0.29, 0.717) is 6.61 Å². The van der Waals surface area contributed by atoms with E-state index in [-0.39, 0.29) is 24.0 Å². The summed E-state index contributed by atoms with van der Waals surface area (Å²) in [6.07, 6.45) is 1.81. The van der Waals surface area contributed by atoms with Gasteiger partial charge in [-0.1, -0.05) is 35.0 Å². The van der Waals surface area contributed by atoms with Gasteiger partial charge in [-0.15, -0.1) is 0 Å². The summed E-state index contributed by atoms with van der Waals surface area (Å²) in [5, 5.41) is 3.09. The SMILES string of the molecule is CCC1OCCC1C(=O)NC(C)c1ccc(Br)cc1. The van der Waals surface area contributed by atoms with E-state index < -0.39 is 0 Å². The summed E-state index contributed by atoms with van der Waals surface area (Å²) < 4.78 is 6.62. The molecular formula is C15H20BrNO2. The number of carbonyl (C=O) groups excluding carboxylic acids is 1. The zero-order chi connectivity index (χ0) is 13.8. The number of rotatable bonds is 4. The Morgan fingerprint density at radius 2 is 2.16 bits per heavy atom. The summed E-state index contributed by atoms with van der Waals surface area (Å²) in [4.78, 5) is 12.3. The van der Waals surface area contributed by atoms with Gasteiger partial charge in [0.2, 0.25) is 5.91 Å². The van der Waals surface area contributed by atoms with E-state index in [1.807, 2.05) is 31.2 Å². The molecule has 3 unspecified atom stereocenters. The van der Waals surface area contributed by atoms with Crippen LogP contribution >= 0.6 is 15.9 Å². The van der Waals surface area contributed by atoms with Gasteiger partial charge in [0, 0.05) is 11.1 Å². The van der Waals surface area contributed by atoms with E-state index in [0.717, 1.165) is 22.9 Å². The van der Waals surface area contributed by atoms with Crippen LogP contribution in [0, 0.1) is 5.92 Å². The molecule has 1 N–H and O–H groups in total. The lowest BCUT2D eigenvalue weighted by Crippen LogP contribution is -2.36. The molecule has 0 radical (unpaired) electrons. The second kappa shape index (κ2) is 6.53. The summed E-state index contributed by atoms with van der Waals surface area (Å²) >= 11 is 3.41. The Morgan fingerprint density at radius 3 is 2.79 bits per heavy atom. The maximum Gasteiger partial charge on any atom is 0.226 e. The van der Waals surface area contributed by atoms with Crippen molar-refractivity contribution in [2.45, 2.75) is 38.8 Å². The van der Waals surface area contributed by atoms with Crippen molar-refractivity contribution >= 4 is 21.8 Å². The number of hydrogen-bond donors (Lipinski definition) is 1. The fourth-order valence-corrected chi connectivity index (χ4v) is 2.77. The Balaban J connectivity index is 1.96. The van der Waals surface area contributed by atoms with E-state index in [9.17, 15) is 4.79 Å². The van der Waals surface area contributed by atoms with Crippen LogP contribution < -0.4 is 5.32 Å². The molecule has 1 aliphatic rings. The molecule has 19 heavy (non-hydrogen) atoms. The molecule has 1 heterocycles. The maximum absolute atomic E-state index is 12.3. The van der Waals surface area contributed by atoms with Gasteiger partial charge >= 0.3 is 0 Å². The van der Waals surface area contributed by atoms with Crippen LogP contribution in [-0.2, 0) is 9.53 Å². The third kappa shape index (κ3) is 3.57. The molecule has 104 valence electrons. The highest BCUT2D eigenvalue weighted by atomic mass is 79.9. The van der Waals surface area contributed by atoms with Crippen molar-refractivity contribution in [3.63, 3.8) is 0 Å². The molecule has 0 bridgehead atoms. The molecular weight excluding hydrogens is 306 g/mol. The lowest BCUT2D eigenvalue weighted by Gasteiger charge is -2.20. The maximum atomic E-state index is 12.3. The Labute approximate surface area is 122 Å². The molecule has 0 aliphatic carbocycles. The van der Waals surface area contributed by atoms with Crippen molar-refractivity contribution in [3.8, 4) is 0 Å². The molecule has 4 heteroatoms. The molecule has 1 fully saturated rings. The first-order valence-electron chi connectivity index (χ1n) is 6.79. The highest BCUT2D eigenvalue weighted by molar-refractivity contribution is 9.10. The fraction of sp³-hybridized carbons (Fsp3) is 0.533. The predicted octanol–water partition coefficient (Wildman–Crippen LogP) is 3.44. The number of carbonyl (C=O) groups is 1. The standard InChI is InChI=1S/C15H20BrNO2/c1-3-14-13(8-9-19-14)15(18)17-10(2)11-4-6-12(16)7-5-11/h4-7,10,13-14H,3,8-9H2,1-2H3,(H,17,18). The van der Waals surface area contributed by atoms with E-state index >= 15 is 0 Å². The van der Waals surface area contributed by atoms with E-state index in [2.05, 4.69) is 28.2 Å². The summed E-state index contributed by atoms with van der Waals surface area (Å²) in [7, 11) is 0. The molecule has 1 saturated heterocycles. The summed E-state index contributed by atoms with van der Waals surface area (Å²) in [6, 6.07) is 8.06. The van der Waals surface area contributed by atoms with Crippen molar-refractivity contribution in [2.75, 3.05) is 6.61 Å². The predicted molar refractivity (Wildman–Crippen MR) is 78.8 cm³/mol. The Hall–Kier alpha value is -0.870. The third-order valence-electron chi connectivity index (χ3n) is 3.68. The molecule has 0 aromatic heterocycles. The quantitative estimate of drug-likeness (QED) is 0.920. The van der Waals surface area contributed by atoms with Gasteiger partial charge in [0.1, 0.15) is 0 Å². The van der Waals surface area contributed by atoms with Crippen LogP contribution in [0.1, 0.15) is 38.3 Å². The van der Waals surface area contributed by atoms with E-state index in [1.54, 1.807) is 0 Å². The topological polar surface area (TPSA) is 38.3 Å². The number of nitrogens with one attached hydrogen (secondary N) is 1. The van der Waals surface area contributed by atoms with Crippen LogP contribution in [0.4, 0.5) is 0 Å². The Bertz CT molecular complexity index is 432. The minimum Gasteiger partial charge on any atom is -0.377 e. The van der Waals surface area contributed by atoms with Crippen LogP contribution in [-0.4, -0.2) is 18.6 Å². The molecule has 0 saturated carbocycles. The van der Waals surface area contributed by atoms with Gasteiger partial charge in [0.05, 0.1) is 18.1 Å². The van der Waals surface area contributed by atoms with Crippen molar-refractivity contribution in [2.24, 2.45) is 5.92 Å². The van der Waals surface area contributed by atoms with Crippen molar-refractivity contribution < 1.29 is 9.53 Å². The monoisotopic (exact) mass is 325 g/mol. The highest BCUT2D eigenvalue weighted by Crippen LogP contribution is 2.25. The number of ether oxygens (including phenoxy) is 1. The van der Waals surface area contributed by atoms with Crippen molar-refractivity contribution in [1.29, 1.82) is 0 Å². The second-order valence-corrected chi connectivity index (χ2v) is 5.91. The molecule has 1 aromatic rings. The van der Waals surface area contributed by atoms with Gasteiger partial charge in [0.25, 0.3) is 0 Å². The van der Waals surface area contributed by atoms with E-state index in [1.165, 1.54) is 0 Å². The smallest absolute Gasteiger partial charge is 0.226 e. The number of hydrogen-bond acceptors (Lipinski definition) is 2. The summed E-state index contributed by atoms with van der Waals surface area (Å²) in [5.41, 5.74) is 1.11. The van der Waals surface area contributed by atoms with Crippen molar-refractivity contribution in [3.05, 3.63) is 34.3 Å². The third-order valence-corrected chi connectivity index (χ3v) is 4.21. The molecule has 2 rings (SSSR count). The first-order valence-corrected chi connectivity index (χ1v) is 7.58. The Morgan fingerprint density at radius 1 is 1.47 bits per heavy atom. The van der Waals surface area contributed by atoms with E-state index in [4.69, 9.17) is 4.74 Å². The summed E-state index contributed by atoms with van der Waals surface area (Å²) in [6.45, 7) is 4.77. The highest BCUT2D eigenvalue weighted by Gasteiger charge is 2.33. The van der Waals surface area contributed by atoms with Crippen LogP contribution in [0.15, 0.2) is 28.7 Å². The second-order valence-electron chi connectivity index (χ2n) is 4.99. The van der Waals surface area contributed by atoms with Gasteiger partial charge in [-0.05, 0) is 37.5 Å². The molecule has 1 aliphatic heterocycles. The van der Waals surface area contributed by atoms with Gasteiger partial charge in [0.15, 0.2) is 0 Å². The van der Waals surface area contributed by atoms with Gasteiger partial charge < -0.3 is 10.1 Å². The lowest BCUT2D eigenvalue weighted by atomic mass is 9.97. The molecule has 1 aromatic carbocycles. The van der Waals surface area contributed by atoms with Gasteiger partial charge in [-0.25, -0.2) is 0 Å². The molecule has 3 atom stereocenters. The molecule has 0 spiro atoms. The largest absolute Gasteiger partial charge is 0.377 e. The minimum absolute atomic E-state index is 0.00268. The molecule has 3 nitrogen and oxygen atoms in total. The normalized spacial score (nSPS) is 24.2. The van der Waals surface area contributed by atoms with Crippen molar-refractivity contribution in [1.82, 2.24) is 5.32 Å². The zero-order valence-corrected chi connectivity index (χ0v) is 12.9. The number of benzene rings is 1. The first-order chi connectivity index (χ1) is 9.11. The average molecular weight is 326 g/mol. The Kier molecular flexibility index (Phi) is 4.99. The van der Waals surface area contributed by atoms with Crippen LogP contribution in [0.3, 0.4) is 0 Å². The summed E-state index contributed by atoms with van der Waals surface area (Å²) in [5.74, 6) is 0.114. The fourth-order valence-electron chi connectivity index (χ4n) is 2.51. The van der Waals surface area contributed by atoms with Gasteiger partial charge in [-0.2, -0.15) is 0 Å². The van der Waals surface area contributed by atoms with Gasteiger partial charge in [-0.3, -0.25) is 4.79 Å². The first kappa shape index (κ1) is 14.5. The number of halogens is 1.